The van der Waals surface area contributed by atoms with Gasteiger partial charge >= 0.3 is 5.97 Å². The minimum atomic E-state index is -0.566. The lowest BCUT2D eigenvalue weighted by molar-refractivity contribution is -0.138. The number of carbonyl (C=O) groups excluding carboxylic acids is 1. The predicted molar refractivity (Wildman–Crippen MR) is 129 cm³/mol. The van der Waals surface area contributed by atoms with Crippen molar-refractivity contribution < 1.29 is 18.7 Å². The summed E-state index contributed by atoms with van der Waals surface area (Å²) in [6, 6.07) is 22.8. The average molecular weight is 471 g/mol. The van der Waals surface area contributed by atoms with Crippen LogP contribution in [0.2, 0.25) is 0 Å². The van der Waals surface area contributed by atoms with E-state index in [1.54, 1.807) is 41.9 Å². The van der Waals surface area contributed by atoms with Gasteiger partial charge in [-0.25, -0.2) is 13.9 Å². The van der Waals surface area contributed by atoms with Crippen molar-refractivity contribution in [2.75, 3.05) is 11.9 Å². The zero-order chi connectivity index (χ0) is 24.2. The third-order valence-corrected chi connectivity index (χ3v) is 5.70. The molecule has 4 aromatic rings. The summed E-state index contributed by atoms with van der Waals surface area (Å²) in [4.78, 5) is 17.5. The van der Waals surface area contributed by atoms with E-state index in [-0.39, 0.29) is 19.0 Å². The Kier molecular flexibility index (Phi) is 6.26. The number of aromatic nitrogens is 3. The van der Waals surface area contributed by atoms with Crippen LogP contribution in [0.3, 0.4) is 0 Å². The number of hydrogen-bond acceptors (Lipinski definition) is 6. The number of nitrogens with one attached hydrogen (secondary N) is 1. The molecule has 3 aromatic carbocycles. The first-order valence-electron chi connectivity index (χ1n) is 11.2. The Morgan fingerprint density at radius 1 is 1.03 bits per heavy atom. The molecule has 0 aliphatic carbocycles. The second-order valence-corrected chi connectivity index (χ2v) is 7.88. The van der Waals surface area contributed by atoms with E-state index in [4.69, 9.17) is 9.47 Å². The summed E-state index contributed by atoms with van der Waals surface area (Å²) in [6.07, 6.45) is 1.44. The lowest BCUT2D eigenvalue weighted by Gasteiger charge is -2.29. The number of ether oxygens (including phenoxy) is 2. The molecule has 0 saturated carbocycles. The Labute approximate surface area is 201 Å². The SMILES string of the molecule is CCOC(=O)C1=C(c2ccccc2)Nc2ncnn2C1c1ccc(OCc2ccccc2F)cc1. The molecule has 176 valence electrons. The van der Waals surface area contributed by atoms with E-state index in [2.05, 4.69) is 15.4 Å². The average Bonchev–Trinajstić information content (AvgIpc) is 3.37. The van der Waals surface area contributed by atoms with Crippen LogP contribution < -0.4 is 10.1 Å². The molecular weight excluding hydrogens is 447 g/mol. The molecule has 1 aliphatic rings. The van der Waals surface area contributed by atoms with Crippen LogP contribution in [-0.4, -0.2) is 27.3 Å². The molecule has 1 N–H and O–H groups in total. The van der Waals surface area contributed by atoms with E-state index in [9.17, 15) is 9.18 Å². The molecule has 2 heterocycles. The zero-order valence-electron chi connectivity index (χ0n) is 19.0. The second kappa shape index (κ2) is 9.80. The van der Waals surface area contributed by atoms with Crippen LogP contribution in [0, 0.1) is 5.82 Å². The summed E-state index contributed by atoms with van der Waals surface area (Å²) in [5.74, 6) is 0.344. The summed E-state index contributed by atoms with van der Waals surface area (Å²) >= 11 is 0. The minimum Gasteiger partial charge on any atom is -0.489 e. The van der Waals surface area contributed by atoms with Gasteiger partial charge in [0.1, 0.15) is 30.5 Å². The maximum Gasteiger partial charge on any atom is 0.338 e. The van der Waals surface area contributed by atoms with Crippen LogP contribution in [-0.2, 0) is 16.1 Å². The van der Waals surface area contributed by atoms with E-state index in [1.807, 2.05) is 42.5 Å². The zero-order valence-corrected chi connectivity index (χ0v) is 19.0. The molecule has 0 radical (unpaired) electrons. The Morgan fingerprint density at radius 2 is 1.77 bits per heavy atom. The number of carbonyl (C=O) groups is 1. The smallest absolute Gasteiger partial charge is 0.338 e. The number of rotatable bonds is 7. The van der Waals surface area contributed by atoms with Gasteiger partial charge in [-0.1, -0.05) is 60.7 Å². The summed E-state index contributed by atoms with van der Waals surface area (Å²) in [5.41, 5.74) is 3.15. The van der Waals surface area contributed by atoms with Gasteiger partial charge in [-0.3, -0.25) is 0 Å². The monoisotopic (exact) mass is 470 g/mol. The topological polar surface area (TPSA) is 78.3 Å². The van der Waals surface area contributed by atoms with Gasteiger partial charge in [0.25, 0.3) is 0 Å². The summed E-state index contributed by atoms with van der Waals surface area (Å²) in [5, 5.41) is 7.62. The first-order valence-corrected chi connectivity index (χ1v) is 11.2. The Hall–Kier alpha value is -4.46. The van der Waals surface area contributed by atoms with Gasteiger partial charge in [-0.2, -0.15) is 10.1 Å². The number of anilines is 1. The highest BCUT2D eigenvalue weighted by molar-refractivity contribution is 6.02. The Morgan fingerprint density at radius 3 is 2.51 bits per heavy atom. The molecule has 35 heavy (non-hydrogen) atoms. The standard InChI is InChI=1S/C27H23FN4O3/c1-2-34-26(33)23-24(18-8-4-3-5-9-18)31-27-29-17-30-32(27)25(23)19-12-14-21(15-13-19)35-16-20-10-6-7-11-22(20)28/h3-15,17,25H,2,16H2,1H3,(H,29,30,31). The highest BCUT2D eigenvalue weighted by atomic mass is 19.1. The van der Waals surface area contributed by atoms with Gasteiger partial charge in [0.2, 0.25) is 5.95 Å². The highest BCUT2D eigenvalue weighted by Crippen LogP contribution is 2.39. The number of hydrogen-bond donors (Lipinski definition) is 1. The first kappa shape index (κ1) is 22.3. The molecule has 1 aliphatic heterocycles. The fourth-order valence-corrected chi connectivity index (χ4v) is 4.05. The van der Waals surface area contributed by atoms with Gasteiger partial charge in [0.05, 0.1) is 17.9 Å². The number of esters is 1. The number of halogens is 1. The molecule has 1 unspecified atom stereocenters. The van der Waals surface area contributed by atoms with E-state index in [0.717, 1.165) is 11.1 Å². The van der Waals surface area contributed by atoms with Crippen LogP contribution in [0.1, 0.15) is 29.7 Å². The van der Waals surface area contributed by atoms with Gasteiger partial charge in [-0.15, -0.1) is 0 Å². The van der Waals surface area contributed by atoms with Crippen LogP contribution in [0.15, 0.2) is 90.8 Å². The molecule has 0 amide bonds. The fourth-order valence-electron chi connectivity index (χ4n) is 4.05. The fraction of sp³-hybridized carbons (Fsp3) is 0.148. The van der Waals surface area contributed by atoms with Crippen molar-refractivity contribution in [2.24, 2.45) is 0 Å². The summed E-state index contributed by atoms with van der Waals surface area (Å²) < 4.78 is 26.8. The lowest BCUT2D eigenvalue weighted by atomic mass is 9.93. The summed E-state index contributed by atoms with van der Waals surface area (Å²) in [6.45, 7) is 2.12. The maximum atomic E-state index is 13.9. The first-order chi connectivity index (χ1) is 17.2. The largest absolute Gasteiger partial charge is 0.489 e. The molecule has 5 rings (SSSR count). The molecule has 0 spiro atoms. The van der Waals surface area contributed by atoms with Crippen molar-refractivity contribution in [2.45, 2.75) is 19.6 Å². The lowest BCUT2D eigenvalue weighted by Crippen LogP contribution is -2.30. The highest BCUT2D eigenvalue weighted by Gasteiger charge is 2.36. The van der Waals surface area contributed by atoms with Crippen LogP contribution in [0.5, 0.6) is 5.75 Å². The number of fused-ring (bicyclic) bond motifs is 1. The molecule has 0 bridgehead atoms. The van der Waals surface area contributed by atoms with Crippen molar-refractivity contribution >= 4 is 17.6 Å². The van der Waals surface area contributed by atoms with Crippen molar-refractivity contribution in [3.8, 4) is 5.75 Å². The molecule has 0 saturated heterocycles. The second-order valence-electron chi connectivity index (χ2n) is 7.88. The Balaban J connectivity index is 1.52. The van der Waals surface area contributed by atoms with Gasteiger partial charge < -0.3 is 14.8 Å². The molecule has 1 aromatic heterocycles. The predicted octanol–water partition coefficient (Wildman–Crippen LogP) is 4.99. The van der Waals surface area contributed by atoms with Gasteiger partial charge in [0.15, 0.2) is 0 Å². The third-order valence-electron chi connectivity index (χ3n) is 5.70. The minimum absolute atomic E-state index is 0.110. The quantitative estimate of drug-likeness (QED) is 0.384. The van der Waals surface area contributed by atoms with Gasteiger partial charge in [0, 0.05) is 5.56 Å². The van der Waals surface area contributed by atoms with Crippen molar-refractivity contribution in [1.29, 1.82) is 0 Å². The normalized spacial score (nSPS) is 14.7. The van der Waals surface area contributed by atoms with E-state index in [0.29, 0.717) is 28.5 Å². The van der Waals surface area contributed by atoms with Crippen molar-refractivity contribution in [3.05, 3.63) is 113 Å². The van der Waals surface area contributed by atoms with Crippen molar-refractivity contribution in [1.82, 2.24) is 14.8 Å². The number of benzene rings is 3. The maximum absolute atomic E-state index is 13.9. The van der Waals surface area contributed by atoms with Crippen molar-refractivity contribution in [3.63, 3.8) is 0 Å². The van der Waals surface area contributed by atoms with E-state index < -0.39 is 12.0 Å². The van der Waals surface area contributed by atoms with Gasteiger partial charge in [-0.05, 0) is 36.2 Å². The van der Waals surface area contributed by atoms with E-state index in [1.165, 1.54) is 12.4 Å². The van der Waals surface area contributed by atoms with E-state index >= 15 is 0 Å². The molecule has 8 heteroatoms. The third kappa shape index (κ3) is 4.50. The number of nitrogens with zero attached hydrogens (tertiary/aromatic N) is 3. The van der Waals surface area contributed by atoms with Crippen LogP contribution in [0.25, 0.3) is 5.70 Å². The van der Waals surface area contributed by atoms with Crippen LogP contribution >= 0.6 is 0 Å². The molecular formula is C27H23FN4O3. The molecule has 1 atom stereocenters. The summed E-state index contributed by atoms with van der Waals surface area (Å²) in [7, 11) is 0. The molecule has 7 nitrogen and oxygen atoms in total. The Bertz CT molecular complexity index is 1370. The molecule has 0 fully saturated rings. The van der Waals surface area contributed by atoms with Crippen LogP contribution in [0.4, 0.5) is 10.3 Å².